The predicted molar refractivity (Wildman–Crippen MR) is 104 cm³/mol. The Labute approximate surface area is 162 Å². The number of nitrogens with zero attached hydrogens (tertiary/aromatic N) is 3. The molecule has 1 aliphatic heterocycles. The molecule has 1 saturated heterocycles. The monoisotopic (exact) mass is 379 g/mol. The molecule has 2 aromatic carbocycles. The van der Waals surface area contributed by atoms with Crippen molar-refractivity contribution < 1.29 is 18.8 Å². The average molecular weight is 379 g/mol. The van der Waals surface area contributed by atoms with E-state index in [9.17, 15) is 4.79 Å². The highest BCUT2D eigenvalue weighted by molar-refractivity contribution is 5.97. The minimum atomic E-state index is -0.138. The summed E-state index contributed by atoms with van der Waals surface area (Å²) in [4.78, 5) is 18.9. The number of benzene rings is 2. The van der Waals surface area contributed by atoms with Gasteiger partial charge < -0.3 is 18.9 Å². The van der Waals surface area contributed by atoms with Crippen molar-refractivity contribution in [2.24, 2.45) is 0 Å². The van der Waals surface area contributed by atoms with Gasteiger partial charge in [-0.15, -0.1) is 0 Å². The van der Waals surface area contributed by atoms with Crippen molar-refractivity contribution in [3.8, 4) is 23.0 Å². The third-order valence-corrected chi connectivity index (χ3v) is 4.87. The fraction of sp³-hybridized carbons (Fsp3) is 0.286. The van der Waals surface area contributed by atoms with E-state index in [4.69, 9.17) is 14.0 Å². The van der Waals surface area contributed by atoms with Gasteiger partial charge in [-0.3, -0.25) is 4.79 Å². The predicted octanol–water partition coefficient (Wildman–Crippen LogP) is 3.58. The molecule has 2 heterocycles. The Bertz CT molecular complexity index is 1010. The van der Waals surface area contributed by atoms with Crippen LogP contribution in [0.3, 0.4) is 0 Å². The number of carbonyl (C=O) groups excluding carboxylic acids is 1. The summed E-state index contributed by atoms with van der Waals surface area (Å²) in [5, 5.41) is 4.12. The molecule has 0 saturated carbocycles. The first-order valence-corrected chi connectivity index (χ1v) is 9.02. The molecular formula is C21H21N3O4. The molecule has 144 valence electrons. The van der Waals surface area contributed by atoms with Crippen LogP contribution in [0, 0.1) is 6.92 Å². The Hall–Kier alpha value is -3.35. The zero-order valence-corrected chi connectivity index (χ0v) is 16.0. The van der Waals surface area contributed by atoms with E-state index in [2.05, 4.69) is 10.1 Å². The van der Waals surface area contributed by atoms with Gasteiger partial charge in [0.05, 0.1) is 19.9 Å². The third kappa shape index (κ3) is 3.31. The van der Waals surface area contributed by atoms with Crippen LogP contribution in [-0.2, 0) is 4.79 Å². The number of aryl methyl sites for hydroxylation is 1. The normalized spacial score (nSPS) is 16.5. The molecule has 7 heteroatoms. The van der Waals surface area contributed by atoms with Crippen molar-refractivity contribution in [2.45, 2.75) is 19.3 Å². The first kappa shape index (κ1) is 18.0. The summed E-state index contributed by atoms with van der Waals surface area (Å²) in [5.74, 6) is 2.20. The minimum Gasteiger partial charge on any atom is -0.497 e. The van der Waals surface area contributed by atoms with Gasteiger partial charge in [0.1, 0.15) is 11.5 Å². The van der Waals surface area contributed by atoms with Gasteiger partial charge in [-0.1, -0.05) is 17.3 Å². The van der Waals surface area contributed by atoms with Crippen LogP contribution in [0.5, 0.6) is 11.5 Å². The summed E-state index contributed by atoms with van der Waals surface area (Å²) in [7, 11) is 3.21. The number of methoxy groups -OCH3 is 2. The van der Waals surface area contributed by atoms with Crippen LogP contribution in [0.2, 0.25) is 0 Å². The zero-order valence-electron chi connectivity index (χ0n) is 16.0. The zero-order chi connectivity index (χ0) is 19.7. The Kier molecular flexibility index (Phi) is 4.73. The molecule has 1 aromatic heterocycles. The van der Waals surface area contributed by atoms with Crippen LogP contribution in [-0.4, -0.2) is 36.8 Å². The molecule has 0 aliphatic carbocycles. The SMILES string of the molecule is COc1cccc(-c2nc(C3CC(=O)N(c4cc(C)ccc4OC)C3)no2)c1. The number of hydrogen-bond acceptors (Lipinski definition) is 6. The van der Waals surface area contributed by atoms with Gasteiger partial charge in [0, 0.05) is 24.4 Å². The maximum atomic E-state index is 12.7. The molecule has 1 atom stereocenters. The first-order valence-electron chi connectivity index (χ1n) is 9.02. The number of anilines is 1. The lowest BCUT2D eigenvalue weighted by atomic mass is 10.1. The molecule has 0 bridgehead atoms. The van der Waals surface area contributed by atoms with Gasteiger partial charge in [0.15, 0.2) is 5.82 Å². The van der Waals surface area contributed by atoms with Crippen molar-refractivity contribution in [1.82, 2.24) is 10.1 Å². The maximum absolute atomic E-state index is 12.7. The largest absolute Gasteiger partial charge is 0.497 e. The Morgan fingerprint density at radius 3 is 2.79 bits per heavy atom. The highest BCUT2D eigenvalue weighted by atomic mass is 16.5. The van der Waals surface area contributed by atoms with Gasteiger partial charge >= 0.3 is 0 Å². The topological polar surface area (TPSA) is 77.7 Å². The lowest BCUT2D eigenvalue weighted by Crippen LogP contribution is -2.25. The number of amides is 1. The Balaban J connectivity index is 1.58. The lowest BCUT2D eigenvalue weighted by Gasteiger charge is -2.19. The molecule has 0 radical (unpaired) electrons. The van der Waals surface area contributed by atoms with Crippen LogP contribution in [0.4, 0.5) is 5.69 Å². The Morgan fingerprint density at radius 2 is 2.00 bits per heavy atom. The standard InChI is InChI=1S/C21H21N3O4/c1-13-7-8-18(27-3)17(9-13)24-12-15(11-19(24)25)20-22-21(28-23-20)14-5-4-6-16(10-14)26-2/h4-10,15H,11-12H2,1-3H3. The van der Waals surface area contributed by atoms with E-state index in [0.29, 0.717) is 36.2 Å². The molecule has 1 fully saturated rings. The van der Waals surface area contributed by atoms with Crippen molar-refractivity contribution >= 4 is 11.6 Å². The summed E-state index contributed by atoms with van der Waals surface area (Å²) in [6, 6.07) is 13.2. The highest BCUT2D eigenvalue weighted by Crippen LogP contribution is 2.37. The molecule has 1 amide bonds. The number of ether oxygens (including phenoxy) is 2. The molecule has 0 spiro atoms. The summed E-state index contributed by atoms with van der Waals surface area (Å²) >= 11 is 0. The van der Waals surface area contributed by atoms with E-state index in [-0.39, 0.29) is 11.8 Å². The molecular weight excluding hydrogens is 358 g/mol. The van der Waals surface area contributed by atoms with Gasteiger partial charge in [0.2, 0.25) is 5.91 Å². The number of hydrogen-bond donors (Lipinski definition) is 0. The maximum Gasteiger partial charge on any atom is 0.258 e. The number of aromatic nitrogens is 2. The fourth-order valence-electron chi connectivity index (χ4n) is 3.40. The van der Waals surface area contributed by atoms with Crippen molar-refractivity contribution in [3.05, 3.63) is 53.9 Å². The summed E-state index contributed by atoms with van der Waals surface area (Å²) in [6.07, 6.45) is 0.328. The van der Waals surface area contributed by atoms with Crippen LogP contribution >= 0.6 is 0 Å². The van der Waals surface area contributed by atoms with E-state index in [1.807, 2.05) is 49.4 Å². The molecule has 0 N–H and O–H groups in total. The van der Waals surface area contributed by atoms with Crippen LogP contribution in [0.25, 0.3) is 11.5 Å². The summed E-state index contributed by atoms with van der Waals surface area (Å²) < 4.78 is 16.1. The second-order valence-corrected chi connectivity index (χ2v) is 6.77. The molecule has 1 aliphatic rings. The molecule has 3 aromatic rings. The van der Waals surface area contributed by atoms with E-state index in [1.54, 1.807) is 19.1 Å². The van der Waals surface area contributed by atoms with Gasteiger partial charge in [0.25, 0.3) is 5.89 Å². The lowest BCUT2D eigenvalue weighted by molar-refractivity contribution is -0.117. The molecule has 4 rings (SSSR count). The molecule has 7 nitrogen and oxygen atoms in total. The number of carbonyl (C=O) groups is 1. The third-order valence-electron chi connectivity index (χ3n) is 4.87. The second kappa shape index (κ2) is 7.34. The highest BCUT2D eigenvalue weighted by Gasteiger charge is 2.36. The van der Waals surface area contributed by atoms with Gasteiger partial charge in [-0.2, -0.15) is 4.98 Å². The Morgan fingerprint density at radius 1 is 1.14 bits per heavy atom. The minimum absolute atomic E-state index is 0.0154. The van der Waals surface area contributed by atoms with Crippen LogP contribution in [0.1, 0.15) is 23.7 Å². The van der Waals surface area contributed by atoms with E-state index < -0.39 is 0 Å². The first-order chi connectivity index (χ1) is 13.6. The van der Waals surface area contributed by atoms with E-state index in [0.717, 1.165) is 16.8 Å². The summed E-state index contributed by atoms with van der Waals surface area (Å²) in [6.45, 7) is 2.47. The number of rotatable bonds is 5. The quantitative estimate of drug-likeness (QED) is 0.674. The van der Waals surface area contributed by atoms with Crippen LogP contribution in [0.15, 0.2) is 47.0 Å². The smallest absolute Gasteiger partial charge is 0.258 e. The molecule has 1 unspecified atom stereocenters. The van der Waals surface area contributed by atoms with Crippen LogP contribution < -0.4 is 14.4 Å². The average Bonchev–Trinajstić information content (AvgIpc) is 3.35. The van der Waals surface area contributed by atoms with Gasteiger partial charge in [-0.25, -0.2) is 0 Å². The van der Waals surface area contributed by atoms with Crippen molar-refractivity contribution in [3.63, 3.8) is 0 Å². The van der Waals surface area contributed by atoms with Gasteiger partial charge in [-0.05, 0) is 42.8 Å². The second-order valence-electron chi connectivity index (χ2n) is 6.77. The van der Waals surface area contributed by atoms with E-state index >= 15 is 0 Å². The fourth-order valence-corrected chi connectivity index (χ4v) is 3.40. The van der Waals surface area contributed by atoms with Crippen molar-refractivity contribution in [1.29, 1.82) is 0 Å². The summed E-state index contributed by atoms with van der Waals surface area (Å²) in [5.41, 5.74) is 2.61. The van der Waals surface area contributed by atoms with E-state index in [1.165, 1.54) is 0 Å². The van der Waals surface area contributed by atoms with Crippen molar-refractivity contribution in [2.75, 3.05) is 25.7 Å². The molecule has 28 heavy (non-hydrogen) atoms.